The predicted molar refractivity (Wildman–Crippen MR) is 109 cm³/mol. The molecule has 0 aliphatic rings. The minimum Gasteiger partial charge on any atom is -0.507 e. The van der Waals surface area contributed by atoms with Crippen LogP contribution in [-0.2, 0) is 0 Å². The van der Waals surface area contributed by atoms with Crippen molar-refractivity contribution in [1.29, 1.82) is 0 Å². The number of hydrogen-bond donors (Lipinski definition) is 2. The van der Waals surface area contributed by atoms with Crippen molar-refractivity contribution < 1.29 is 10.2 Å². The molecule has 0 aliphatic heterocycles. The largest absolute Gasteiger partial charge is 0.507 e. The van der Waals surface area contributed by atoms with Crippen LogP contribution in [0.2, 0.25) is 0 Å². The van der Waals surface area contributed by atoms with E-state index in [-0.39, 0.29) is 11.5 Å². The van der Waals surface area contributed by atoms with Gasteiger partial charge in [-0.1, -0.05) is 36.4 Å². The molecule has 2 heteroatoms. The first-order valence-corrected chi connectivity index (χ1v) is 8.84. The number of fused-ring (bicyclic) bond motifs is 2. The van der Waals surface area contributed by atoms with Gasteiger partial charge in [0.15, 0.2) is 0 Å². The predicted octanol–water partition coefficient (Wildman–Crippen LogP) is 6.30. The van der Waals surface area contributed by atoms with Crippen molar-refractivity contribution in [3.05, 3.63) is 70.8 Å². The van der Waals surface area contributed by atoms with Crippen LogP contribution in [0.4, 0.5) is 0 Å². The molecule has 0 bridgehead atoms. The number of phenolic OH excluding ortho intramolecular Hbond substituents is 2. The molecule has 0 spiro atoms. The Morgan fingerprint density at radius 3 is 1.19 bits per heavy atom. The number of phenols is 2. The van der Waals surface area contributed by atoms with Gasteiger partial charge in [-0.2, -0.15) is 0 Å². The van der Waals surface area contributed by atoms with E-state index in [9.17, 15) is 10.2 Å². The summed E-state index contributed by atoms with van der Waals surface area (Å²) in [6, 6.07) is 15.6. The third-order valence-electron chi connectivity index (χ3n) is 5.69. The van der Waals surface area contributed by atoms with Gasteiger partial charge in [0.05, 0.1) is 0 Å². The fourth-order valence-corrected chi connectivity index (χ4v) is 3.83. The number of aryl methyl sites for hydroxylation is 4. The van der Waals surface area contributed by atoms with Gasteiger partial charge in [0.2, 0.25) is 0 Å². The van der Waals surface area contributed by atoms with Gasteiger partial charge in [-0.25, -0.2) is 0 Å². The van der Waals surface area contributed by atoms with E-state index in [4.69, 9.17) is 0 Å². The van der Waals surface area contributed by atoms with Gasteiger partial charge in [0.1, 0.15) is 11.5 Å². The highest BCUT2D eigenvalue weighted by atomic mass is 16.3. The maximum absolute atomic E-state index is 10.7. The van der Waals surface area contributed by atoms with Gasteiger partial charge in [-0.15, -0.1) is 0 Å². The zero-order chi connectivity index (χ0) is 18.6. The van der Waals surface area contributed by atoms with Gasteiger partial charge < -0.3 is 10.2 Å². The minimum absolute atomic E-state index is 0.182. The highest BCUT2D eigenvalue weighted by molar-refractivity contribution is 6.10. The van der Waals surface area contributed by atoms with E-state index in [2.05, 4.69) is 39.8 Å². The first-order chi connectivity index (χ1) is 12.4. The maximum atomic E-state index is 10.7. The maximum Gasteiger partial charge on any atom is 0.124 e. The molecule has 4 aromatic carbocycles. The minimum atomic E-state index is 0.182. The molecule has 4 rings (SSSR count). The summed E-state index contributed by atoms with van der Waals surface area (Å²) >= 11 is 0. The second kappa shape index (κ2) is 5.77. The van der Waals surface area contributed by atoms with Crippen LogP contribution in [0.3, 0.4) is 0 Å². The van der Waals surface area contributed by atoms with E-state index < -0.39 is 0 Å². The summed E-state index contributed by atoms with van der Waals surface area (Å²) < 4.78 is 0. The Labute approximate surface area is 153 Å². The lowest BCUT2D eigenvalue weighted by atomic mass is 9.88. The average Bonchev–Trinajstić information content (AvgIpc) is 2.62. The molecule has 130 valence electrons. The number of rotatable bonds is 1. The molecule has 2 nitrogen and oxygen atoms in total. The van der Waals surface area contributed by atoms with Gasteiger partial charge in [-0.3, -0.25) is 0 Å². The molecule has 26 heavy (non-hydrogen) atoms. The van der Waals surface area contributed by atoms with Gasteiger partial charge in [0.25, 0.3) is 0 Å². The lowest BCUT2D eigenvalue weighted by Gasteiger charge is -2.17. The second-order valence-corrected chi connectivity index (χ2v) is 7.12. The summed E-state index contributed by atoms with van der Waals surface area (Å²) in [5, 5.41) is 25.5. The van der Waals surface area contributed by atoms with Gasteiger partial charge in [-0.05, 0) is 83.6 Å². The molecule has 0 atom stereocenters. The molecule has 0 radical (unpaired) electrons. The molecule has 0 heterocycles. The van der Waals surface area contributed by atoms with E-state index in [1.54, 1.807) is 12.1 Å². The monoisotopic (exact) mass is 342 g/mol. The molecule has 0 aliphatic carbocycles. The van der Waals surface area contributed by atoms with Crippen molar-refractivity contribution in [2.75, 3.05) is 0 Å². The number of hydrogen-bond acceptors (Lipinski definition) is 2. The Balaban J connectivity index is 2.21. The smallest absolute Gasteiger partial charge is 0.124 e. The van der Waals surface area contributed by atoms with E-state index in [0.717, 1.165) is 21.5 Å². The van der Waals surface area contributed by atoms with Crippen molar-refractivity contribution in [2.45, 2.75) is 27.7 Å². The summed E-state index contributed by atoms with van der Waals surface area (Å²) in [6.07, 6.45) is 0. The lowest BCUT2D eigenvalue weighted by molar-refractivity contribution is 0.470. The van der Waals surface area contributed by atoms with Crippen LogP contribution >= 0.6 is 0 Å². The fraction of sp³-hybridized carbons (Fsp3) is 0.167. The third kappa shape index (κ3) is 2.26. The molecule has 0 saturated heterocycles. The average molecular weight is 342 g/mol. The molecule has 4 aromatic rings. The molecule has 0 aromatic heterocycles. The molecule has 2 N–H and O–H groups in total. The SMILES string of the molecule is Cc1ccc2c(-c3c(O)ccc4c(C)c(C)ccc34)c(O)ccc2c1C. The van der Waals surface area contributed by atoms with Gasteiger partial charge in [0, 0.05) is 11.1 Å². The van der Waals surface area contributed by atoms with Crippen LogP contribution in [0, 0.1) is 27.7 Å². The fourth-order valence-electron chi connectivity index (χ4n) is 3.83. The van der Waals surface area contributed by atoms with Crippen molar-refractivity contribution >= 4 is 21.5 Å². The molecule has 0 unspecified atom stereocenters. The number of benzene rings is 4. The van der Waals surface area contributed by atoms with Crippen molar-refractivity contribution in [1.82, 2.24) is 0 Å². The Morgan fingerprint density at radius 2 is 0.808 bits per heavy atom. The second-order valence-electron chi connectivity index (χ2n) is 7.12. The molecular weight excluding hydrogens is 320 g/mol. The van der Waals surface area contributed by atoms with Gasteiger partial charge >= 0.3 is 0 Å². The van der Waals surface area contributed by atoms with Crippen LogP contribution in [0.25, 0.3) is 32.7 Å². The Kier molecular flexibility index (Phi) is 3.66. The Hall–Kier alpha value is -3.00. The summed E-state index contributed by atoms with van der Waals surface area (Å²) in [4.78, 5) is 0. The molecule has 0 saturated carbocycles. The van der Waals surface area contributed by atoms with Crippen LogP contribution < -0.4 is 0 Å². The zero-order valence-electron chi connectivity index (χ0n) is 15.5. The van der Waals surface area contributed by atoms with E-state index in [0.29, 0.717) is 11.1 Å². The standard InChI is InChI=1S/C24H22O2/c1-13-5-7-19-17(15(13)3)9-11-21(25)23(19)24-20-8-6-14(2)16(4)18(20)10-12-22(24)26/h5-12,25-26H,1-4H3. The van der Waals surface area contributed by atoms with Crippen molar-refractivity contribution in [3.63, 3.8) is 0 Å². The highest BCUT2D eigenvalue weighted by Gasteiger charge is 2.18. The molecule has 0 fully saturated rings. The summed E-state index contributed by atoms with van der Waals surface area (Å²) in [5.74, 6) is 0.364. The molecular formula is C24H22O2. The Bertz CT molecular complexity index is 1090. The van der Waals surface area contributed by atoms with Crippen molar-refractivity contribution in [3.8, 4) is 22.6 Å². The topological polar surface area (TPSA) is 40.5 Å². The first kappa shape index (κ1) is 16.5. The lowest BCUT2D eigenvalue weighted by Crippen LogP contribution is -1.91. The summed E-state index contributed by atoms with van der Waals surface area (Å²) in [6.45, 7) is 8.36. The van der Waals surface area contributed by atoms with E-state index >= 15 is 0 Å². The van der Waals surface area contributed by atoms with Crippen LogP contribution in [0.15, 0.2) is 48.5 Å². The van der Waals surface area contributed by atoms with E-state index in [1.807, 2.05) is 24.3 Å². The molecule has 0 amide bonds. The zero-order valence-corrected chi connectivity index (χ0v) is 15.5. The highest BCUT2D eigenvalue weighted by Crippen LogP contribution is 2.45. The van der Waals surface area contributed by atoms with E-state index in [1.165, 1.54) is 22.3 Å². The first-order valence-electron chi connectivity index (χ1n) is 8.84. The van der Waals surface area contributed by atoms with Crippen LogP contribution in [0.5, 0.6) is 11.5 Å². The quantitative estimate of drug-likeness (QED) is 0.426. The van der Waals surface area contributed by atoms with Crippen molar-refractivity contribution in [2.24, 2.45) is 0 Å². The summed E-state index contributed by atoms with van der Waals surface area (Å²) in [7, 11) is 0. The van der Waals surface area contributed by atoms with Crippen LogP contribution in [0.1, 0.15) is 22.3 Å². The normalized spacial score (nSPS) is 11.4. The third-order valence-corrected chi connectivity index (χ3v) is 5.69. The summed E-state index contributed by atoms with van der Waals surface area (Å²) in [5.41, 5.74) is 6.19. The van der Waals surface area contributed by atoms with Crippen LogP contribution in [-0.4, -0.2) is 10.2 Å². The number of aromatic hydroxyl groups is 2. The Morgan fingerprint density at radius 1 is 0.462 bits per heavy atom.